The third kappa shape index (κ3) is 3.13. The highest BCUT2D eigenvalue weighted by atomic mass is 16.7. The number of allylic oxidation sites excluding steroid dienone is 2. The van der Waals surface area contributed by atoms with Crippen LogP contribution in [0.15, 0.2) is 24.4 Å². The number of hydrogen-bond donors (Lipinski definition) is 5. The molecule has 1 aliphatic rings. The lowest BCUT2D eigenvalue weighted by molar-refractivity contribution is -0.365. The Labute approximate surface area is 75.0 Å². The van der Waals surface area contributed by atoms with E-state index in [2.05, 4.69) is 5.43 Å². The molecule has 0 fully saturated rings. The van der Waals surface area contributed by atoms with Gasteiger partial charge in [-0.2, -0.15) is 5.43 Å². The fraction of sp³-hybridized carbons (Fsp3) is 0.429. The monoisotopic (exact) mass is 188 g/mol. The lowest BCUT2D eigenvalue weighted by Crippen LogP contribution is -2.55. The molecule has 0 amide bonds. The number of hydrazine groups is 1. The molecule has 1 atom stereocenters. The SMILES string of the molecule is OC(NN1C=CC=CC1)C(O)(O)O. The summed E-state index contributed by atoms with van der Waals surface area (Å²) < 4.78 is 0. The first-order chi connectivity index (χ1) is 6.00. The minimum Gasteiger partial charge on any atom is -0.370 e. The van der Waals surface area contributed by atoms with Crippen LogP contribution in [0.2, 0.25) is 0 Å². The number of aliphatic hydroxyl groups excluding tert-OH is 1. The summed E-state index contributed by atoms with van der Waals surface area (Å²) in [4.78, 5) is 0. The predicted molar refractivity (Wildman–Crippen MR) is 43.5 cm³/mol. The summed E-state index contributed by atoms with van der Waals surface area (Å²) in [7, 11) is 0. The van der Waals surface area contributed by atoms with Gasteiger partial charge in [0, 0.05) is 6.20 Å². The van der Waals surface area contributed by atoms with Crippen LogP contribution in [0, 0.1) is 0 Å². The number of nitrogens with zero attached hydrogens (tertiary/aromatic N) is 1. The molecular formula is C7H12N2O4. The van der Waals surface area contributed by atoms with E-state index in [1.54, 1.807) is 24.4 Å². The third-order valence-electron chi connectivity index (χ3n) is 1.47. The Morgan fingerprint density at radius 1 is 1.31 bits per heavy atom. The molecule has 0 radical (unpaired) electrons. The van der Waals surface area contributed by atoms with E-state index >= 15 is 0 Å². The molecule has 1 unspecified atom stereocenters. The van der Waals surface area contributed by atoms with E-state index in [-0.39, 0.29) is 0 Å². The van der Waals surface area contributed by atoms with Crippen molar-refractivity contribution in [2.45, 2.75) is 12.2 Å². The molecule has 5 N–H and O–H groups in total. The van der Waals surface area contributed by atoms with Gasteiger partial charge in [0.05, 0.1) is 6.54 Å². The van der Waals surface area contributed by atoms with Crippen molar-refractivity contribution in [1.29, 1.82) is 0 Å². The molecule has 0 bridgehead atoms. The van der Waals surface area contributed by atoms with Gasteiger partial charge >= 0.3 is 5.97 Å². The van der Waals surface area contributed by atoms with Crippen molar-refractivity contribution in [2.24, 2.45) is 0 Å². The summed E-state index contributed by atoms with van der Waals surface area (Å²) in [5, 5.41) is 36.0. The number of nitrogens with one attached hydrogen (secondary N) is 1. The van der Waals surface area contributed by atoms with Crippen molar-refractivity contribution < 1.29 is 20.4 Å². The normalized spacial score (nSPS) is 19.2. The van der Waals surface area contributed by atoms with Crippen LogP contribution in [0.3, 0.4) is 0 Å². The van der Waals surface area contributed by atoms with Crippen LogP contribution < -0.4 is 5.43 Å². The van der Waals surface area contributed by atoms with Crippen LogP contribution in [-0.2, 0) is 0 Å². The zero-order chi connectivity index (χ0) is 9.90. The van der Waals surface area contributed by atoms with Crippen molar-refractivity contribution in [3.63, 3.8) is 0 Å². The van der Waals surface area contributed by atoms with Gasteiger partial charge in [-0.25, -0.2) is 0 Å². The quantitative estimate of drug-likeness (QED) is 0.323. The second-order valence-corrected chi connectivity index (χ2v) is 2.64. The van der Waals surface area contributed by atoms with Gasteiger partial charge in [0.1, 0.15) is 0 Å². The molecule has 0 aromatic heterocycles. The van der Waals surface area contributed by atoms with E-state index in [0.717, 1.165) is 0 Å². The van der Waals surface area contributed by atoms with Crippen molar-refractivity contribution in [2.75, 3.05) is 6.54 Å². The Hall–Kier alpha value is -0.920. The zero-order valence-corrected chi connectivity index (χ0v) is 6.83. The Morgan fingerprint density at radius 2 is 2.00 bits per heavy atom. The van der Waals surface area contributed by atoms with Crippen molar-refractivity contribution in [3.8, 4) is 0 Å². The van der Waals surface area contributed by atoms with Gasteiger partial charge < -0.3 is 25.4 Å². The summed E-state index contributed by atoms with van der Waals surface area (Å²) in [6, 6.07) is 0. The topological polar surface area (TPSA) is 96.2 Å². The smallest absolute Gasteiger partial charge is 0.319 e. The van der Waals surface area contributed by atoms with Gasteiger partial charge in [-0.3, -0.25) is 0 Å². The third-order valence-corrected chi connectivity index (χ3v) is 1.47. The van der Waals surface area contributed by atoms with Gasteiger partial charge in [0.2, 0.25) is 6.23 Å². The standard InChI is InChI=1S/C7H12N2O4/c10-6(7(11,12)13)8-9-4-2-1-3-5-9/h1-4,6,8,10-13H,5H2. The van der Waals surface area contributed by atoms with Crippen molar-refractivity contribution >= 4 is 0 Å². The molecule has 0 aromatic carbocycles. The molecule has 1 aliphatic heterocycles. The maximum Gasteiger partial charge on any atom is 0.319 e. The van der Waals surface area contributed by atoms with Gasteiger partial charge in [-0.1, -0.05) is 12.2 Å². The molecular weight excluding hydrogens is 176 g/mol. The zero-order valence-electron chi connectivity index (χ0n) is 6.83. The molecule has 6 heteroatoms. The summed E-state index contributed by atoms with van der Waals surface area (Å²) in [6.45, 7) is 0.462. The molecule has 0 saturated heterocycles. The average molecular weight is 188 g/mol. The molecule has 0 aliphatic carbocycles. The Morgan fingerprint density at radius 3 is 2.46 bits per heavy atom. The van der Waals surface area contributed by atoms with Crippen LogP contribution in [0.1, 0.15) is 0 Å². The fourth-order valence-electron chi connectivity index (χ4n) is 0.807. The molecule has 0 aromatic rings. The van der Waals surface area contributed by atoms with E-state index in [9.17, 15) is 0 Å². The van der Waals surface area contributed by atoms with Gasteiger partial charge in [0.15, 0.2) is 0 Å². The number of rotatable bonds is 3. The summed E-state index contributed by atoms with van der Waals surface area (Å²) in [5.41, 5.74) is 2.26. The lowest BCUT2D eigenvalue weighted by atomic mass is 10.4. The maximum atomic E-state index is 8.98. The maximum absolute atomic E-state index is 8.98. The molecule has 0 saturated carbocycles. The average Bonchev–Trinajstić information content (AvgIpc) is 2.04. The Bertz CT molecular complexity index is 221. The van der Waals surface area contributed by atoms with Gasteiger partial charge in [0.25, 0.3) is 0 Å². The van der Waals surface area contributed by atoms with Crippen LogP contribution in [-0.4, -0.2) is 44.2 Å². The van der Waals surface area contributed by atoms with Crippen LogP contribution >= 0.6 is 0 Å². The highest BCUT2D eigenvalue weighted by Gasteiger charge is 2.31. The van der Waals surface area contributed by atoms with E-state index in [1.807, 2.05) is 0 Å². The van der Waals surface area contributed by atoms with Crippen molar-refractivity contribution in [1.82, 2.24) is 10.4 Å². The van der Waals surface area contributed by atoms with E-state index in [0.29, 0.717) is 6.54 Å². The highest BCUT2D eigenvalue weighted by Crippen LogP contribution is 2.01. The van der Waals surface area contributed by atoms with Gasteiger partial charge in [-0.05, 0) is 6.08 Å². The molecule has 6 nitrogen and oxygen atoms in total. The first kappa shape index (κ1) is 10.2. The molecule has 1 rings (SSSR count). The molecule has 0 spiro atoms. The van der Waals surface area contributed by atoms with Crippen LogP contribution in [0.25, 0.3) is 0 Å². The van der Waals surface area contributed by atoms with Crippen LogP contribution in [0.5, 0.6) is 0 Å². The predicted octanol–water partition coefficient (Wildman–Crippen LogP) is -2.17. The fourth-order valence-corrected chi connectivity index (χ4v) is 0.807. The summed E-state index contributed by atoms with van der Waals surface area (Å²) in [5.74, 6) is -3.14. The summed E-state index contributed by atoms with van der Waals surface area (Å²) >= 11 is 0. The molecule has 13 heavy (non-hydrogen) atoms. The van der Waals surface area contributed by atoms with E-state index in [4.69, 9.17) is 20.4 Å². The number of aliphatic hydroxyl groups is 4. The highest BCUT2D eigenvalue weighted by molar-refractivity contribution is 5.07. The minimum absolute atomic E-state index is 0.462. The Kier molecular flexibility index (Phi) is 3.02. The minimum atomic E-state index is -3.14. The van der Waals surface area contributed by atoms with Gasteiger partial charge in [-0.15, -0.1) is 0 Å². The second kappa shape index (κ2) is 3.86. The van der Waals surface area contributed by atoms with Crippen molar-refractivity contribution in [3.05, 3.63) is 24.4 Å². The molecule has 1 heterocycles. The summed E-state index contributed by atoms with van der Waals surface area (Å²) in [6.07, 6.45) is 5.00. The molecule has 74 valence electrons. The van der Waals surface area contributed by atoms with E-state index in [1.165, 1.54) is 5.01 Å². The largest absolute Gasteiger partial charge is 0.370 e. The van der Waals surface area contributed by atoms with Crippen LogP contribution in [0.4, 0.5) is 0 Å². The second-order valence-electron chi connectivity index (χ2n) is 2.64. The lowest BCUT2D eigenvalue weighted by Gasteiger charge is -2.29. The number of hydrogen-bond acceptors (Lipinski definition) is 6. The van der Waals surface area contributed by atoms with E-state index < -0.39 is 12.2 Å². The Balaban J connectivity index is 2.41. The first-order valence-electron chi connectivity index (χ1n) is 3.71. The first-order valence-corrected chi connectivity index (χ1v) is 3.71.